The Labute approximate surface area is 99.3 Å². The molecule has 0 heterocycles. The van der Waals surface area contributed by atoms with Crippen molar-refractivity contribution < 1.29 is 10.2 Å². The summed E-state index contributed by atoms with van der Waals surface area (Å²) in [6.45, 7) is 6.04. The molecule has 0 aromatic heterocycles. The summed E-state index contributed by atoms with van der Waals surface area (Å²) in [4.78, 5) is 0. The van der Waals surface area contributed by atoms with Gasteiger partial charge in [-0.2, -0.15) is 0 Å². The van der Waals surface area contributed by atoms with E-state index in [4.69, 9.17) is 0 Å². The second-order valence-electron chi connectivity index (χ2n) is 5.78. The van der Waals surface area contributed by atoms with E-state index in [2.05, 4.69) is 12.2 Å². The van der Waals surface area contributed by atoms with Gasteiger partial charge < -0.3 is 15.5 Å². The predicted molar refractivity (Wildman–Crippen MR) is 66.3 cm³/mol. The molecule has 16 heavy (non-hydrogen) atoms. The smallest absolute Gasteiger partial charge is 0.0518 e. The SMILES string of the molecule is CC1CCCCC1CNCC(C)(CO)CO. The van der Waals surface area contributed by atoms with Gasteiger partial charge in [0.25, 0.3) is 0 Å². The molecular weight excluding hydrogens is 202 g/mol. The van der Waals surface area contributed by atoms with E-state index in [0.29, 0.717) is 6.54 Å². The first-order valence-corrected chi connectivity index (χ1v) is 6.54. The highest BCUT2D eigenvalue weighted by atomic mass is 16.3. The highest BCUT2D eigenvalue weighted by Crippen LogP contribution is 2.29. The highest BCUT2D eigenvalue weighted by molar-refractivity contribution is 4.78. The summed E-state index contributed by atoms with van der Waals surface area (Å²) in [6.07, 6.45) is 5.41. The Kier molecular flexibility index (Phi) is 5.73. The van der Waals surface area contributed by atoms with E-state index in [1.165, 1.54) is 25.7 Å². The van der Waals surface area contributed by atoms with Gasteiger partial charge in [-0.25, -0.2) is 0 Å². The van der Waals surface area contributed by atoms with E-state index in [1.54, 1.807) is 0 Å². The lowest BCUT2D eigenvalue weighted by Crippen LogP contribution is -2.40. The summed E-state index contributed by atoms with van der Waals surface area (Å²) < 4.78 is 0. The fourth-order valence-electron chi connectivity index (χ4n) is 2.42. The van der Waals surface area contributed by atoms with Crippen molar-refractivity contribution in [1.82, 2.24) is 5.32 Å². The number of hydrogen-bond donors (Lipinski definition) is 3. The first-order valence-electron chi connectivity index (χ1n) is 6.54. The van der Waals surface area contributed by atoms with Crippen LogP contribution in [0.1, 0.15) is 39.5 Å². The number of hydrogen-bond acceptors (Lipinski definition) is 3. The van der Waals surface area contributed by atoms with Crippen LogP contribution >= 0.6 is 0 Å². The fraction of sp³-hybridized carbons (Fsp3) is 1.00. The Morgan fingerprint density at radius 1 is 1.19 bits per heavy atom. The molecular formula is C13H27NO2. The van der Waals surface area contributed by atoms with Crippen molar-refractivity contribution >= 4 is 0 Å². The van der Waals surface area contributed by atoms with E-state index in [-0.39, 0.29) is 18.6 Å². The van der Waals surface area contributed by atoms with Crippen molar-refractivity contribution in [2.45, 2.75) is 39.5 Å². The molecule has 1 rings (SSSR count). The van der Waals surface area contributed by atoms with Crippen molar-refractivity contribution in [3.05, 3.63) is 0 Å². The van der Waals surface area contributed by atoms with Crippen molar-refractivity contribution in [3.8, 4) is 0 Å². The van der Waals surface area contributed by atoms with Crippen LogP contribution < -0.4 is 5.32 Å². The average Bonchev–Trinajstić information content (AvgIpc) is 2.31. The topological polar surface area (TPSA) is 52.5 Å². The Bertz CT molecular complexity index is 192. The van der Waals surface area contributed by atoms with Crippen molar-refractivity contribution in [3.63, 3.8) is 0 Å². The van der Waals surface area contributed by atoms with E-state index in [1.807, 2.05) is 6.92 Å². The van der Waals surface area contributed by atoms with Gasteiger partial charge in [-0.05, 0) is 24.8 Å². The maximum atomic E-state index is 9.17. The minimum atomic E-state index is -0.377. The van der Waals surface area contributed by atoms with Crippen LogP contribution in [-0.4, -0.2) is 36.5 Å². The zero-order chi connectivity index (χ0) is 12.0. The number of aliphatic hydroxyl groups excluding tert-OH is 2. The van der Waals surface area contributed by atoms with Gasteiger partial charge in [-0.1, -0.05) is 33.1 Å². The molecule has 0 amide bonds. The van der Waals surface area contributed by atoms with E-state index in [9.17, 15) is 10.2 Å². The second-order valence-corrected chi connectivity index (χ2v) is 5.78. The minimum Gasteiger partial charge on any atom is -0.396 e. The van der Waals surface area contributed by atoms with Gasteiger partial charge in [-0.3, -0.25) is 0 Å². The summed E-state index contributed by atoms with van der Waals surface area (Å²) in [7, 11) is 0. The Balaban J connectivity index is 2.23. The van der Waals surface area contributed by atoms with Crippen LogP contribution in [0.3, 0.4) is 0 Å². The molecule has 0 bridgehead atoms. The Morgan fingerprint density at radius 2 is 1.81 bits per heavy atom. The molecule has 3 heteroatoms. The van der Waals surface area contributed by atoms with Gasteiger partial charge in [0, 0.05) is 12.0 Å². The minimum absolute atomic E-state index is 0.0384. The molecule has 0 saturated heterocycles. The third-order valence-electron chi connectivity index (χ3n) is 4.01. The molecule has 3 N–H and O–H groups in total. The second kappa shape index (κ2) is 6.58. The van der Waals surface area contributed by atoms with Crippen LogP contribution in [-0.2, 0) is 0 Å². The lowest BCUT2D eigenvalue weighted by atomic mass is 9.80. The number of aliphatic hydroxyl groups is 2. The van der Waals surface area contributed by atoms with Gasteiger partial charge in [-0.15, -0.1) is 0 Å². The molecule has 0 aromatic carbocycles. The average molecular weight is 229 g/mol. The van der Waals surface area contributed by atoms with Crippen molar-refractivity contribution in [2.24, 2.45) is 17.3 Å². The molecule has 96 valence electrons. The van der Waals surface area contributed by atoms with Gasteiger partial charge >= 0.3 is 0 Å². The van der Waals surface area contributed by atoms with Crippen molar-refractivity contribution in [2.75, 3.05) is 26.3 Å². The zero-order valence-electron chi connectivity index (χ0n) is 10.7. The Morgan fingerprint density at radius 3 is 2.38 bits per heavy atom. The van der Waals surface area contributed by atoms with Gasteiger partial charge in [0.2, 0.25) is 0 Å². The maximum absolute atomic E-state index is 9.17. The molecule has 2 unspecified atom stereocenters. The predicted octanol–water partition coefficient (Wildman–Crippen LogP) is 1.39. The summed E-state index contributed by atoms with van der Waals surface area (Å²) in [5, 5.41) is 21.8. The molecule has 3 nitrogen and oxygen atoms in total. The third kappa shape index (κ3) is 4.04. The van der Waals surface area contributed by atoms with Crippen LogP contribution in [0.5, 0.6) is 0 Å². The van der Waals surface area contributed by atoms with Crippen LogP contribution in [0.2, 0.25) is 0 Å². The van der Waals surface area contributed by atoms with Crippen LogP contribution in [0.4, 0.5) is 0 Å². The molecule has 0 aromatic rings. The van der Waals surface area contributed by atoms with Crippen LogP contribution in [0.25, 0.3) is 0 Å². The third-order valence-corrected chi connectivity index (χ3v) is 4.01. The molecule has 0 radical (unpaired) electrons. The summed E-state index contributed by atoms with van der Waals surface area (Å²) >= 11 is 0. The summed E-state index contributed by atoms with van der Waals surface area (Å²) in [6, 6.07) is 0. The molecule has 0 aliphatic heterocycles. The normalized spacial score (nSPS) is 27.0. The monoisotopic (exact) mass is 229 g/mol. The molecule has 1 aliphatic carbocycles. The number of rotatable bonds is 6. The largest absolute Gasteiger partial charge is 0.396 e. The zero-order valence-corrected chi connectivity index (χ0v) is 10.7. The summed E-state index contributed by atoms with van der Waals surface area (Å²) in [5.74, 6) is 1.59. The molecule has 1 saturated carbocycles. The molecule has 1 aliphatic rings. The first kappa shape index (κ1) is 13.9. The van der Waals surface area contributed by atoms with Gasteiger partial charge in [0.15, 0.2) is 0 Å². The fourth-order valence-corrected chi connectivity index (χ4v) is 2.42. The molecule has 2 atom stereocenters. The quantitative estimate of drug-likeness (QED) is 0.645. The van der Waals surface area contributed by atoms with Crippen LogP contribution in [0.15, 0.2) is 0 Å². The van der Waals surface area contributed by atoms with Crippen molar-refractivity contribution in [1.29, 1.82) is 0 Å². The molecule has 0 spiro atoms. The highest BCUT2D eigenvalue weighted by Gasteiger charge is 2.24. The van der Waals surface area contributed by atoms with Gasteiger partial charge in [0.1, 0.15) is 0 Å². The van der Waals surface area contributed by atoms with E-state index >= 15 is 0 Å². The van der Waals surface area contributed by atoms with Crippen LogP contribution in [0, 0.1) is 17.3 Å². The first-order chi connectivity index (χ1) is 7.61. The lowest BCUT2D eigenvalue weighted by molar-refractivity contribution is 0.0676. The summed E-state index contributed by atoms with van der Waals surface area (Å²) in [5.41, 5.74) is -0.377. The van der Waals surface area contributed by atoms with E-state index < -0.39 is 0 Å². The number of nitrogens with one attached hydrogen (secondary N) is 1. The lowest BCUT2D eigenvalue weighted by Gasteiger charge is -2.31. The Hall–Kier alpha value is -0.120. The molecule has 1 fully saturated rings. The standard InChI is InChI=1S/C13H27NO2/c1-11-5-3-4-6-12(11)7-14-8-13(2,9-15)10-16/h11-12,14-16H,3-10H2,1-2H3. The maximum Gasteiger partial charge on any atom is 0.0518 e. The van der Waals surface area contributed by atoms with E-state index in [0.717, 1.165) is 18.4 Å². The van der Waals surface area contributed by atoms with Gasteiger partial charge in [0.05, 0.1) is 13.2 Å².